The third kappa shape index (κ3) is 4.03. The van der Waals surface area contributed by atoms with Crippen LogP contribution in [0.3, 0.4) is 0 Å². The average molecular weight is 224 g/mol. The van der Waals surface area contributed by atoms with E-state index in [1.807, 2.05) is 36.4 Å². The lowest BCUT2D eigenvalue weighted by Gasteiger charge is -1.96. The number of rotatable bonds is 3. The van der Waals surface area contributed by atoms with E-state index in [1.54, 1.807) is 6.92 Å². The molecule has 0 spiro atoms. The number of hydrogen-bond donors (Lipinski definition) is 1. The number of thiol groups is 1. The number of hydrogen-bond acceptors (Lipinski definition) is 3. The van der Waals surface area contributed by atoms with Gasteiger partial charge in [-0.3, -0.25) is 4.79 Å². The average Bonchev–Trinajstić information content (AvgIpc) is 2.15. The van der Waals surface area contributed by atoms with Gasteiger partial charge in [-0.1, -0.05) is 42.1 Å². The molecular formula is C11H12OS2. The van der Waals surface area contributed by atoms with Crippen LogP contribution in [0.1, 0.15) is 12.5 Å². The van der Waals surface area contributed by atoms with E-state index in [4.69, 9.17) is 0 Å². The largest absolute Gasteiger partial charge is 0.288 e. The first-order valence-electron chi connectivity index (χ1n) is 4.28. The Morgan fingerprint density at radius 2 is 2.21 bits per heavy atom. The van der Waals surface area contributed by atoms with Gasteiger partial charge in [0.15, 0.2) is 5.12 Å². The number of carbonyl (C=O) groups is 1. The van der Waals surface area contributed by atoms with Crippen molar-refractivity contribution in [3.05, 3.63) is 35.9 Å². The van der Waals surface area contributed by atoms with Gasteiger partial charge in [0.2, 0.25) is 0 Å². The Kier molecular flexibility index (Phi) is 4.84. The van der Waals surface area contributed by atoms with Crippen molar-refractivity contribution in [2.45, 2.75) is 11.8 Å². The summed E-state index contributed by atoms with van der Waals surface area (Å²) in [5, 5.41) is 0.147. The molecule has 0 fully saturated rings. The molecule has 0 atom stereocenters. The van der Waals surface area contributed by atoms with Crippen LogP contribution in [0, 0.1) is 0 Å². The zero-order valence-corrected chi connectivity index (χ0v) is 9.65. The smallest absolute Gasteiger partial charge is 0.186 e. The van der Waals surface area contributed by atoms with Gasteiger partial charge in [-0.25, -0.2) is 0 Å². The lowest BCUT2D eigenvalue weighted by Crippen LogP contribution is -1.81. The normalized spacial score (nSPS) is 10.7. The molecule has 1 aromatic carbocycles. The summed E-state index contributed by atoms with van der Waals surface area (Å²) in [7, 11) is 0. The molecule has 0 aliphatic rings. The maximum absolute atomic E-state index is 10.6. The molecule has 1 rings (SSSR count). The summed E-state index contributed by atoms with van der Waals surface area (Å²) in [4.78, 5) is 11.6. The third-order valence-corrected chi connectivity index (χ3v) is 2.79. The van der Waals surface area contributed by atoms with E-state index in [-0.39, 0.29) is 5.12 Å². The highest BCUT2D eigenvalue weighted by Gasteiger charge is 1.92. The first kappa shape index (κ1) is 11.4. The molecule has 0 bridgehead atoms. The van der Waals surface area contributed by atoms with Crippen molar-refractivity contribution in [2.75, 3.05) is 5.75 Å². The minimum Gasteiger partial charge on any atom is -0.288 e. The Hall–Kier alpha value is -0.670. The molecule has 1 aromatic rings. The highest BCUT2D eigenvalue weighted by atomic mass is 32.2. The van der Waals surface area contributed by atoms with E-state index >= 15 is 0 Å². The lowest BCUT2D eigenvalue weighted by atomic mass is 10.2. The van der Waals surface area contributed by atoms with Crippen LogP contribution >= 0.6 is 24.4 Å². The zero-order valence-electron chi connectivity index (χ0n) is 7.93. The molecule has 0 heterocycles. The van der Waals surface area contributed by atoms with Crippen molar-refractivity contribution in [1.82, 2.24) is 0 Å². The van der Waals surface area contributed by atoms with Crippen molar-refractivity contribution in [3.63, 3.8) is 0 Å². The van der Waals surface area contributed by atoms with Crippen LogP contribution in [0.15, 0.2) is 35.2 Å². The molecule has 0 saturated heterocycles. The van der Waals surface area contributed by atoms with Crippen molar-refractivity contribution in [2.24, 2.45) is 0 Å². The van der Waals surface area contributed by atoms with Gasteiger partial charge in [0.05, 0.1) is 0 Å². The summed E-state index contributed by atoms with van der Waals surface area (Å²) < 4.78 is 0. The second-order valence-electron chi connectivity index (χ2n) is 2.76. The molecule has 0 aliphatic heterocycles. The molecule has 3 heteroatoms. The molecule has 0 saturated carbocycles. The highest BCUT2D eigenvalue weighted by molar-refractivity contribution is 8.13. The summed E-state index contributed by atoms with van der Waals surface area (Å²) in [6.45, 7) is 1.57. The fourth-order valence-corrected chi connectivity index (χ4v) is 1.63. The van der Waals surface area contributed by atoms with Gasteiger partial charge in [-0.05, 0) is 11.6 Å². The summed E-state index contributed by atoms with van der Waals surface area (Å²) in [6, 6.07) is 7.86. The molecule has 14 heavy (non-hydrogen) atoms. The number of thioether (sulfide) groups is 1. The van der Waals surface area contributed by atoms with Crippen LogP contribution in [-0.4, -0.2) is 10.9 Å². The number of benzene rings is 1. The third-order valence-electron chi connectivity index (χ3n) is 1.62. The van der Waals surface area contributed by atoms with Crippen LogP contribution in [0.4, 0.5) is 0 Å². The monoisotopic (exact) mass is 224 g/mol. The topological polar surface area (TPSA) is 17.1 Å². The van der Waals surface area contributed by atoms with Gasteiger partial charge in [0.25, 0.3) is 0 Å². The van der Waals surface area contributed by atoms with Crippen molar-refractivity contribution >= 4 is 35.6 Å². The molecule has 0 aliphatic carbocycles. The zero-order chi connectivity index (χ0) is 10.4. The van der Waals surface area contributed by atoms with Crippen molar-refractivity contribution in [1.29, 1.82) is 0 Å². The fraction of sp³-hybridized carbons (Fsp3) is 0.182. The quantitative estimate of drug-likeness (QED) is 0.794. The molecule has 0 amide bonds. The molecule has 0 N–H and O–H groups in total. The van der Waals surface area contributed by atoms with Gasteiger partial charge in [0, 0.05) is 17.6 Å². The van der Waals surface area contributed by atoms with E-state index in [0.29, 0.717) is 0 Å². The number of carbonyl (C=O) groups excluding carboxylic acids is 1. The van der Waals surface area contributed by atoms with Gasteiger partial charge < -0.3 is 0 Å². The Morgan fingerprint density at radius 1 is 1.50 bits per heavy atom. The highest BCUT2D eigenvalue weighted by Crippen LogP contribution is 2.14. The van der Waals surface area contributed by atoms with Crippen LogP contribution in [0.2, 0.25) is 0 Å². The first-order valence-corrected chi connectivity index (χ1v) is 5.71. The van der Waals surface area contributed by atoms with Crippen LogP contribution in [-0.2, 0) is 4.79 Å². The van der Waals surface area contributed by atoms with Gasteiger partial charge >= 0.3 is 0 Å². The molecule has 0 unspecified atom stereocenters. The Labute approximate surface area is 94.0 Å². The Balaban J connectivity index is 2.52. The van der Waals surface area contributed by atoms with E-state index in [2.05, 4.69) is 12.6 Å². The summed E-state index contributed by atoms with van der Waals surface area (Å²) in [6.07, 6.45) is 3.96. The van der Waals surface area contributed by atoms with Crippen LogP contribution < -0.4 is 0 Å². The second-order valence-corrected chi connectivity index (χ2v) is 4.44. The maximum atomic E-state index is 10.6. The van der Waals surface area contributed by atoms with E-state index in [9.17, 15) is 4.79 Å². The first-order chi connectivity index (χ1) is 6.70. The lowest BCUT2D eigenvalue weighted by molar-refractivity contribution is -0.109. The van der Waals surface area contributed by atoms with E-state index in [1.165, 1.54) is 11.8 Å². The van der Waals surface area contributed by atoms with Crippen LogP contribution in [0.5, 0.6) is 0 Å². The molecule has 74 valence electrons. The fourth-order valence-electron chi connectivity index (χ4n) is 0.969. The Bertz CT molecular complexity index is 345. The SMILES string of the molecule is CC(=O)SCC=Cc1ccccc1S. The minimum absolute atomic E-state index is 0.147. The second kappa shape index (κ2) is 5.94. The Morgan fingerprint density at radius 3 is 2.86 bits per heavy atom. The molecule has 0 radical (unpaired) electrons. The minimum atomic E-state index is 0.147. The molecular weight excluding hydrogens is 212 g/mol. The maximum Gasteiger partial charge on any atom is 0.186 e. The summed E-state index contributed by atoms with van der Waals surface area (Å²) in [5.41, 5.74) is 1.08. The van der Waals surface area contributed by atoms with E-state index < -0.39 is 0 Å². The molecule has 1 nitrogen and oxygen atoms in total. The predicted molar refractivity (Wildman–Crippen MR) is 65.9 cm³/mol. The summed E-state index contributed by atoms with van der Waals surface area (Å²) >= 11 is 5.62. The standard InChI is InChI=1S/C11H12OS2/c1-9(12)14-8-4-6-10-5-2-3-7-11(10)13/h2-7,13H,8H2,1H3. The van der Waals surface area contributed by atoms with Gasteiger partial charge in [0.1, 0.15) is 0 Å². The van der Waals surface area contributed by atoms with E-state index in [0.717, 1.165) is 16.2 Å². The molecule has 0 aromatic heterocycles. The van der Waals surface area contributed by atoms with Crippen molar-refractivity contribution in [3.8, 4) is 0 Å². The predicted octanol–water partition coefficient (Wildman–Crippen LogP) is 3.27. The van der Waals surface area contributed by atoms with Crippen LogP contribution in [0.25, 0.3) is 6.08 Å². The van der Waals surface area contributed by atoms with Gasteiger partial charge in [-0.15, -0.1) is 12.6 Å². The van der Waals surface area contributed by atoms with Crippen molar-refractivity contribution < 1.29 is 4.79 Å². The summed E-state index contributed by atoms with van der Waals surface area (Å²) in [5.74, 6) is 0.720. The van der Waals surface area contributed by atoms with Gasteiger partial charge in [-0.2, -0.15) is 0 Å².